The second-order valence-corrected chi connectivity index (χ2v) is 18.2. The summed E-state index contributed by atoms with van der Waals surface area (Å²) in [6.45, 7) is 13.4. The molecule has 3 aromatic carbocycles. The van der Waals surface area contributed by atoms with Crippen molar-refractivity contribution >= 4 is 31.7 Å². The summed E-state index contributed by atoms with van der Waals surface area (Å²) >= 11 is 0. The summed E-state index contributed by atoms with van der Waals surface area (Å²) in [5, 5.41) is 6.13. The second-order valence-electron chi connectivity index (χ2n) is 13.4. The lowest BCUT2D eigenvalue weighted by Gasteiger charge is -2.36. The van der Waals surface area contributed by atoms with Gasteiger partial charge >= 0.3 is 6.09 Å². The zero-order valence-corrected chi connectivity index (χ0v) is 28.9. The lowest BCUT2D eigenvalue weighted by molar-refractivity contribution is -0.116. The maximum Gasteiger partial charge on any atom is 0.411 e. The molecule has 4 rings (SSSR count). The molecule has 1 fully saturated rings. The molecule has 9 heteroatoms. The van der Waals surface area contributed by atoms with Crippen LogP contribution in [-0.4, -0.2) is 58.6 Å². The highest BCUT2D eigenvalue weighted by atomic mass is 28.4. The van der Waals surface area contributed by atoms with Crippen LogP contribution < -0.4 is 15.4 Å². The first-order valence-electron chi connectivity index (χ1n) is 15.8. The zero-order valence-electron chi connectivity index (χ0n) is 27.9. The number of ether oxygens (including phenoxy) is 2. The quantitative estimate of drug-likeness (QED) is 0.208. The van der Waals surface area contributed by atoms with Gasteiger partial charge in [0.2, 0.25) is 5.91 Å². The van der Waals surface area contributed by atoms with Crippen molar-refractivity contribution in [2.24, 2.45) is 0 Å². The van der Waals surface area contributed by atoms with Crippen LogP contribution in [0.15, 0.2) is 66.7 Å². The molecule has 1 heterocycles. The first-order valence-corrected chi connectivity index (χ1v) is 18.7. The van der Waals surface area contributed by atoms with Gasteiger partial charge in [0.05, 0.1) is 25.1 Å². The Morgan fingerprint density at radius 3 is 2.24 bits per heavy atom. The van der Waals surface area contributed by atoms with E-state index in [2.05, 4.69) is 56.4 Å². The fourth-order valence-electron chi connectivity index (χ4n) is 5.01. The highest BCUT2D eigenvalue weighted by Gasteiger charge is 2.37. The summed E-state index contributed by atoms with van der Waals surface area (Å²) < 4.78 is 17.7. The van der Waals surface area contributed by atoms with E-state index >= 15 is 0 Å². The second kappa shape index (κ2) is 15.1. The Morgan fingerprint density at radius 2 is 1.58 bits per heavy atom. The molecule has 0 aliphatic carbocycles. The van der Waals surface area contributed by atoms with Crippen molar-refractivity contribution < 1.29 is 23.5 Å². The average molecular weight is 632 g/mol. The minimum Gasteiger partial charge on any atom is -0.495 e. The van der Waals surface area contributed by atoms with Crippen molar-refractivity contribution in [2.75, 3.05) is 37.9 Å². The molecule has 0 aromatic heterocycles. The number of methoxy groups -OCH3 is 1. The number of nitrogens with zero attached hydrogens (tertiary/aromatic N) is 1. The van der Waals surface area contributed by atoms with E-state index in [0.29, 0.717) is 30.2 Å². The third-order valence-corrected chi connectivity index (χ3v) is 13.4. The molecule has 45 heavy (non-hydrogen) atoms. The first kappa shape index (κ1) is 34.2. The number of amides is 2. The van der Waals surface area contributed by atoms with Crippen molar-refractivity contribution in [1.82, 2.24) is 4.90 Å². The predicted octanol–water partition coefficient (Wildman–Crippen LogP) is 8.10. The van der Waals surface area contributed by atoms with E-state index in [0.717, 1.165) is 48.2 Å². The van der Waals surface area contributed by atoms with Crippen molar-refractivity contribution in [3.8, 4) is 16.9 Å². The van der Waals surface area contributed by atoms with Crippen molar-refractivity contribution in [1.29, 1.82) is 0 Å². The monoisotopic (exact) mass is 631 g/mol. The lowest BCUT2D eigenvalue weighted by Crippen LogP contribution is -2.40. The number of hydrogen-bond donors (Lipinski definition) is 2. The van der Waals surface area contributed by atoms with E-state index < -0.39 is 14.4 Å². The van der Waals surface area contributed by atoms with Gasteiger partial charge in [-0.1, -0.05) is 69.3 Å². The van der Waals surface area contributed by atoms with E-state index in [-0.39, 0.29) is 23.5 Å². The summed E-state index contributed by atoms with van der Waals surface area (Å²) in [6.07, 6.45) is 1.85. The maximum atomic E-state index is 13.1. The van der Waals surface area contributed by atoms with Crippen LogP contribution in [0.4, 0.5) is 16.2 Å². The standard InChI is InChI=1S/C36H49N3O5Si/c1-36(2,3)45(6,7)43-25-27-14-17-33(42-5)32(24-27)37-34(40)18-15-26-13-16-30(28-11-9-8-10-12-28)31(23-26)38-35(41)44-29-19-21-39(4)22-20-29/h8-14,16-17,23-24,29H,15,18-22,25H2,1-7H3,(H,37,40)(H,38,41). The van der Waals surface area contributed by atoms with Gasteiger partial charge in [-0.25, -0.2) is 4.79 Å². The first-order chi connectivity index (χ1) is 21.3. The smallest absolute Gasteiger partial charge is 0.411 e. The van der Waals surface area contributed by atoms with E-state index in [9.17, 15) is 9.59 Å². The molecule has 3 aromatic rings. The van der Waals surface area contributed by atoms with E-state index in [1.165, 1.54) is 0 Å². The number of benzene rings is 3. The summed E-state index contributed by atoms with van der Waals surface area (Å²) in [6, 6.07) is 21.6. The van der Waals surface area contributed by atoms with E-state index in [4.69, 9.17) is 13.9 Å². The molecule has 8 nitrogen and oxygen atoms in total. The van der Waals surface area contributed by atoms with Crippen LogP contribution in [0.25, 0.3) is 11.1 Å². The van der Waals surface area contributed by atoms with Crippen LogP contribution in [0, 0.1) is 0 Å². The number of rotatable bonds is 11. The molecule has 0 bridgehead atoms. The van der Waals surface area contributed by atoms with Gasteiger partial charge in [0.1, 0.15) is 11.9 Å². The predicted molar refractivity (Wildman–Crippen MR) is 184 cm³/mol. The highest BCUT2D eigenvalue weighted by molar-refractivity contribution is 6.74. The van der Waals surface area contributed by atoms with Crippen molar-refractivity contribution in [2.45, 2.75) is 77.3 Å². The van der Waals surface area contributed by atoms with Crippen LogP contribution in [0.2, 0.25) is 18.1 Å². The summed E-state index contributed by atoms with van der Waals surface area (Å²) in [4.78, 5) is 28.3. The number of hydrogen-bond acceptors (Lipinski definition) is 6. The third kappa shape index (κ3) is 9.66. The minimum atomic E-state index is -1.92. The molecule has 0 unspecified atom stereocenters. The fraction of sp³-hybridized carbons (Fsp3) is 0.444. The number of anilines is 2. The summed E-state index contributed by atoms with van der Waals surface area (Å²) in [7, 11) is 1.75. The number of carbonyl (C=O) groups excluding carboxylic acids is 2. The van der Waals surface area contributed by atoms with Crippen LogP contribution >= 0.6 is 0 Å². The SMILES string of the molecule is COc1ccc(CO[Si](C)(C)C(C)(C)C)cc1NC(=O)CCc1ccc(-c2ccccc2)c(NC(=O)OC2CCN(C)CC2)c1. The number of likely N-dealkylation sites (tertiary alicyclic amines) is 1. The number of piperidine rings is 1. The van der Waals surface area contributed by atoms with Gasteiger partial charge in [0.15, 0.2) is 8.32 Å². The van der Waals surface area contributed by atoms with Gasteiger partial charge in [-0.3, -0.25) is 10.1 Å². The molecule has 0 spiro atoms. The Bertz CT molecular complexity index is 1450. The zero-order chi connectivity index (χ0) is 32.6. The average Bonchev–Trinajstić information content (AvgIpc) is 3.00. The summed E-state index contributed by atoms with van der Waals surface area (Å²) in [5.74, 6) is 0.473. The molecule has 1 aliphatic heterocycles. The largest absolute Gasteiger partial charge is 0.495 e. The minimum absolute atomic E-state index is 0.0950. The molecule has 2 N–H and O–H groups in total. The molecule has 0 atom stereocenters. The van der Waals surface area contributed by atoms with Crippen molar-refractivity contribution in [3.63, 3.8) is 0 Å². The number of carbonyl (C=O) groups is 2. The molecular weight excluding hydrogens is 582 g/mol. The van der Waals surface area contributed by atoms with Gasteiger partial charge in [0, 0.05) is 25.1 Å². The van der Waals surface area contributed by atoms with Gasteiger partial charge in [0.25, 0.3) is 0 Å². The molecule has 242 valence electrons. The van der Waals surface area contributed by atoms with Gasteiger partial charge in [-0.15, -0.1) is 0 Å². The Balaban J connectivity index is 1.43. The summed E-state index contributed by atoms with van der Waals surface area (Å²) in [5.41, 5.74) is 5.08. The van der Waals surface area contributed by atoms with Gasteiger partial charge in [-0.05, 0) is 79.3 Å². The fourth-order valence-corrected chi connectivity index (χ4v) is 5.97. The number of nitrogens with one attached hydrogen (secondary N) is 2. The highest BCUT2D eigenvalue weighted by Crippen LogP contribution is 2.37. The molecule has 0 saturated carbocycles. The Morgan fingerprint density at radius 1 is 0.911 bits per heavy atom. The molecule has 0 radical (unpaired) electrons. The van der Waals surface area contributed by atoms with Gasteiger partial charge in [-0.2, -0.15) is 0 Å². The van der Waals surface area contributed by atoms with Crippen LogP contribution in [0.3, 0.4) is 0 Å². The molecule has 1 aliphatic rings. The van der Waals surface area contributed by atoms with Crippen LogP contribution in [0.5, 0.6) is 5.75 Å². The Hall–Kier alpha value is -3.66. The molecule has 1 saturated heterocycles. The lowest BCUT2D eigenvalue weighted by atomic mass is 9.99. The van der Waals surface area contributed by atoms with E-state index in [1.807, 2.05) is 66.7 Å². The van der Waals surface area contributed by atoms with Gasteiger partial charge < -0.3 is 24.1 Å². The molecular formula is C36H49N3O5Si. The Kier molecular flexibility index (Phi) is 11.5. The normalized spacial score (nSPS) is 14.6. The van der Waals surface area contributed by atoms with Crippen LogP contribution in [-0.2, 0) is 27.0 Å². The topological polar surface area (TPSA) is 89.1 Å². The molecule has 2 amide bonds. The number of aryl methyl sites for hydroxylation is 1. The third-order valence-electron chi connectivity index (χ3n) is 8.93. The van der Waals surface area contributed by atoms with Crippen molar-refractivity contribution in [3.05, 3.63) is 77.9 Å². The Labute approximate surface area is 269 Å². The van der Waals surface area contributed by atoms with Crippen LogP contribution in [0.1, 0.15) is 51.2 Å². The maximum absolute atomic E-state index is 13.1. The van der Waals surface area contributed by atoms with E-state index in [1.54, 1.807) is 7.11 Å².